The number of aromatic nitrogens is 2. The molecule has 9 heteroatoms. The molecule has 1 aromatic heterocycles. The quantitative estimate of drug-likeness (QED) is 0.659. The number of hydrogen-bond acceptors (Lipinski definition) is 3. The Morgan fingerprint density at radius 1 is 1.14 bits per heavy atom. The van der Waals surface area contributed by atoms with Crippen molar-refractivity contribution in [1.82, 2.24) is 9.78 Å². The van der Waals surface area contributed by atoms with E-state index in [2.05, 4.69) is 5.10 Å². The molecule has 0 radical (unpaired) electrons. The lowest BCUT2D eigenvalue weighted by atomic mass is 10.1. The van der Waals surface area contributed by atoms with Crippen molar-refractivity contribution in [3.05, 3.63) is 87.6 Å². The van der Waals surface area contributed by atoms with Crippen LogP contribution in [0, 0.1) is 17.5 Å². The fourth-order valence-electron chi connectivity index (χ4n) is 2.84. The van der Waals surface area contributed by atoms with Crippen molar-refractivity contribution < 1.29 is 23.1 Å². The Hall–Kier alpha value is -3.62. The molecule has 0 unspecified atom stereocenters. The van der Waals surface area contributed by atoms with Gasteiger partial charge in [-0.3, -0.25) is 9.69 Å². The molecule has 0 aliphatic rings. The summed E-state index contributed by atoms with van der Waals surface area (Å²) < 4.78 is 41.2. The topological polar surface area (TPSA) is 75.4 Å². The highest BCUT2D eigenvalue weighted by atomic mass is 19.2. The van der Waals surface area contributed by atoms with Crippen LogP contribution < -0.4 is 10.3 Å². The highest BCUT2D eigenvalue weighted by Crippen LogP contribution is 2.19. The van der Waals surface area contributed by atoms with E-state index in [1.54, 1.807) is 31.2 Å². The lowest BCUT2D eigenvalue weighted by Crippen LogP contribution is -2.28. The van der Waals surface area contributed by atoms with E-state index >= 15 is 0 Å². The second-order valence-electron chi connectivity index (χ2n) is 6.17. The Morgan fingerprint density at radius 2 is 1.83 bits per heavy atom. The molecule has 2 aromatic carbocycles. The van der Waals surface area contributed by atoms with Crippen molar-refractivity contribution in [2.24, 2.45) is 0 Å². The minimum Gasteiger partial charge on any atom is -0.465 e. The predicted molar refractivity (Wildman–Crippen MR) is 100 cm³/mol. The van der Waals surface area contributed by atoms with Crippen molar-refractivity contribution in [3.63, 3.8) is 0 Å². The summed E-state index contributed by atoms with van der Waals surface area (Å²) in [6.07, 6.45) is 0.180. The first kappa shape index (κ1) is 20.1. The maximum absolute atomic E-state index is 13.5. The molecule has 0 fully saturated rings. The third-order valence-electron chi connectivity index (χ3n) is 4.25. The van der Waals surface area contributed by atoms with Gasteiger partial charge in [-0.1, -0.05) is 12.1 Å². The molecule has 3 rings (SSSR count). The molecular formula is C20H16F3N3O3. The number of carboxylic acid groups (broad SMARTS) is 1. The van der Waals surface area contributed by atoms with Crippen LogP contribution >= 0.6 is 0 Å². The van der Waals surface area contributed by atoms with Crippen LogP contribution in [0.2, 0.25) is 0 Å². The summed E-state index contributed by atoms with van der Waals surface area (Å²) in [7, 11) is 0. The first-order chi connectivity index (χ1) is 13.8. The van der Waals surface area contributed by atoms with Gasteiger partial charge in [0.2, 0.25) is 5.43 Å². The Labute approximate surface area is 163 Å². The maximum atomic E-state index is 13.5. The van der Waals surface area contributed by atoms with Crippen LogP contribution in [0.15, 0.2) is 53.5 Å². The number of amides is 1. The van der Waals surface area contributed by atoms with Crippen molar-refractivity contribution in [2.75, 3.05) is 11.4 Å². The first-order valence-electron chi connectivity index (χ1n) is 8.63. The van der Waals surface area contributed by atoms with Crippen molar-refractivity contribution in [3.8, 4) is 5.69 Å². The number of nitrogens with zero attached hydrogens (tertiary/aromatic N) is 3. The highest BCUT2D eigenvalue weighted by Gasteiger charge is 2.15. The Morgan fingerprint density at radius 3 is 2.45 bits per heavy atom. The number of anilines is 1. The number of rotatable bonds is 5. The summed E-state index contributed by atoms with van der Waals surface area (Å²) >= 11 is 0. The van der Waals surface area contributed by atoms with E-state index in [-0.39, 0.29) is 24.3 Å². The van der Waals surface area contributed by atoms with Crippen LogP contribution in [0.25, 0.3) is 5.69 Å². The predicted octanol–water partition coefficient (Wildman–Crippen LogP) is 3.74. The van der Waals surface area contributed by atoms with Crippen molar-refractivity contribution >= 4 is 11.8 Å². The van der Waals surface area contributed by atoms with Gasteiger partial charge in [0, 0.05) is 43.0 Å². The minimum atomic E-state index is -1.59. The highest BCUT2D eigenvalue weighted by molar-refractivity contribution is 5.86. The number of hydrogen-bond donors (Lipinski definition) is 1. The van der Waals surface area contributed by atoms with Gasteiger partial charge in [-0.25, -0.2) is 22.6 Å². The number of carbonyl (C=O) groups is 1. The van der Waals surface area contributed by atoms with E-state index in [0.29, 0.717) is 11.3 Å². The average molecular weight is 403 g/mol. The van der Waals surface area contributed by atoms with Crippen LogP contribution in [0.3, 0.4) is 0 Å². The van der Waals surface area contributed by atoms with E-state index in [4.69, 9.17) is 0 Å². The van der Waals surface area contributed by atoms with Gasteiger partial charge in [0.15, 0.2) is 17.5 Å². The van der Waals surface area contributed by atoms with Crippen LogP contribution in [0.4, 0.5) is 23.7 Å². The van der Waals surface area contributed by atoms with Gasteiger partial charge in [-0.05, 0) is 24.6 Å². The average Bonchev–Trinajstić information content (AvgIpc) is 2.68. The summed E-state index contributed by atoms with van der Waals surface area (Å²) in [5.41, 5.74) is 0.658. The zero-order valence-corrected chi connectivity index (χ0v) is 15.3. The smallest absolute Gasteiger partial charge is 0.411 e. The molecule has 0 saturated carbocycles. The Balaban J connectivity index is 1.96. The van der Waals surface area contributed by atoms with Crippen LogP contribution in [0.5, 0.6) is 0 Å². The van der Waals surface area contributed by atoms with E-state index in [0.717, 1.165) is 21.7 Å². The van der Waals surface area contributed by atoms with Crippen LogP contribution in [-0.2, 0) is 6.42 Å². The lowest BCUT2D eigenvalue weighted by molar-refractivity contribution is 0.202. The molecule has 1 N–H and O–H groups in total. The molecule has 29 heavy (non-hydrogen) atoms. The zero-order chi connectivity index (χ0) is 21.1. The summed E-state index contributed by atoms with van der Waals surface area (Å²) in [5.74, 6) is -4.34. The molecule has 0 aliphatic carbocycles. The molecule has 0 spiro atoms. The number of benzene rings is 2. The number of halogens is 3. The van der Waals surface area contributed by atoms with Crippen molar-refractivity contribution in [2.45, 2.75) is 13.3 Å². The minimum absolute atomic E-state index is 0.0663. The summed E-state index contributed by atoms with van der Waals surface area (Å²) in [5, 5.41) is 13.3. The second-order valence-corrected chi connectivity index (χ2v) is 6.17. The van der Waals surface area contributed by atoms with Gasteiger partial charge in [0.25, 0.3) is 0 Å². The molecule has 0 saturated heterocycles. The van der Waals surface area contributed by atoms with E-state index in [1.165, 1.54) is 12.3 Å². The summed E-state index contributed by atoms with van der Waals surface area (Å²) in [6.45, 7) is 1.94. The molecule has 0 aliphatic heterocycles. The fourth-order valence-corrected chi connectivity index (χ4v) is 2.84. The SMILES string of the molecule is CCN(C(=O)O)c1cccc(Cc2nn(-c3cc(F)c(F)c(F)c3)ccc2=O)c1. The third-order valence-corrected chi connectivity index (χ3v) is 4.25. The molecular weight excluding hydrogens is 387 g/mol. The molecule has 0 atom stereocenters. The first-order valence-corrected chi connectivity index (χ1v) is 8.63. The molecule has 0 bridgehead atoms. The van der Waals surface area contributed by atoms with Crippen molar-refractivity contribution in [1.29, 1.82) is 0 Å². The Bertz CT molecular complexity index is 1110. The van der Waals surface area contributed by atoms with Gasteiger partial charge in [0.05, 0.1) is 5.69 Å². The van der Waals surface area contributed by atoms with E-state index in [1.807, 2.05) is 0 Å². The van der Waals surface area contributed by atoms with Gasteiger partial charge in [-0.2, -0.15) is 5.10 Å². The third kappa shape index (κ3) is 4.29. The summed E-state index contributed by atoms with van der Waals surface area (Å²) in [6, 6.07) is 9.33. The fraction of sp³-hybridized carbons (Fsp3) is 0.150. The molecule has 1 amide bonds. The van der Waals surface area contributed by atoms with Gasteiger partial charge in [0.1, 0.15) is 5.69 Å². The molecule has 3 aromatic rings. The van der Waals surface area contributed by atoms with Crippen LogP contribution in [-0.4, -0.2) is 27.5 Å². The van der Waals surface area contributed by atoms with Gasteiger partial charge >= 0.3 is 6.09 Å². The standard InChI is InChI=1S/C20H16F3N3O3/c1-2-25(20(28)29)13-5-3-4-12(8-13)9-17-18(27)6-7-26(24-17)14-10-15(21)19(23)16(22)11-14/h3-8,10-11H,2,9H2,1H3,(H,28,29). The largest absolute Gasteiger partial charge is 0.465 e. The zero-order valence-electron chi connectivity index (χ0n) is 15.3. The Kier molecular flexibility index (Phi) is 5.67. The van der Waals surface area contributed by atoms with Gasteiger partial charge in [-0.15, -0.1) is 0 Å². The molecule has 1 heterocycles. The summed E-state index contributed by atoms with van der Waals surface area (Å²) in [4.78, 5) is 24.6. The van der Waals surface area contributed by atoms with Gasteiger partial charge < -0.3 is 5.11 Å². The second kappa shape index (κ2) is 8.17. The molecule has 6 nitrogen and oxygen atoms in total. The monoisotopic (exact) mass is 403 g/mol. The maximum Gasteiger partial charge on any atom is 0.411 e. The van der Waals surface area contributed by atoms with E-state index < -0.39 is 29.0 Å². The normalized spacial score (nSPS) is 10.8. The lowest BCUT2D eigenvalue weighted by Gasteiger charge is -2.17. The van der Waals surface area contributed by atoms with Crippen LogP contribution in [0.1, 0.15) is 18.2 Å². The van der Waals surface area contributed by atoms with E-state index in [9.17, 15) is 27.9 Å². The molecule has 150 valence electrons.